The minimum absolute atomic E-state index is 0.339. The lowest BCUT2D eigenvalue weighted by Crippen LogP contribution is -2.33. The van der Waals surface area contributed by atoms with Gasteiger partial charge in [-0.25, -0.2) is 4.90 Å². The van der Waals surface area contributed by atoms with E-state index >= 15 is 0 Å². The Balaban J connectivity index is 1.88. The number of benzene rings is 3. The van der Waals surface area contributed by atoms with Crippen LogP contribution in [0.2, 0.25) is 0 Å². The van der Waals surface area contributed by atoms with Crippen LogP contribution >= 0.6 is 11.6 Å². The van der Waals surface area contributed by atoms with Crippen molar-refractivity contribution in [3.8, 4) is 0 Å². The molecule has 0 unspecified atom stereocenters. The number of carbonyl (C=O) groups excluding carboxylic acids is 2. The molecule has 0 N–H and O–H groups in total. The zero-order valence-corrected chi connectivity index (χ0v) is 14.5. The molecule has 0 bridgehead atoms. The van der Waals surface area contributed by atoms with Gasteiger partial charge >= 0.3 is 0 Å². The third kappa shape index (κ3) is 2.63. The fourth-order valence-corrected chi connectivity index (χ4v) is 3.38. The molecule has 0 atom stereocenters. The fraction of sp³-hybridized carbons (Fsp3) is 0. The van der Waals surface area contributed by atoms with Crippen molar-refractivity contribution in [1.82, 2.24) is 0 Å². The van der Waals surface area contributed by atoms with Gasteiger partial charge in [-0.1, -0.05) is 78.3 Å². The molecule has 0 fully saturated rings. The average molecular weight is 360 g/mol. The molecule has 0 aliphatic carbocycles. The van der Waals surface area contributed by atoms with Gasteiger partial charge in [0.05, 0.1) is 16.3 Å². The van der Waals surface area contributed by atoms with Gasteiger partial charge in [-0.05, 0) is 23.8 Å². The van der Waals surface area contributed by atoms with E-state index in [2.05, 4.69) is 0 Å². The first-order valence-electron chi connectivity index (χ1n) is 8.17. The standard InChI is InChI=1S/C22H14ClNO2/c23-20(15-9-3-1-4-10-15)19-17-13-7-8-14-18(17)24(22(19)26)21(25)16-11-5-2-6-12-16/h1-14H. The van der Waals surface area contributed by atoms with Gasteiger partial charge in [-0.3, -0.25) is 9.59 Å². The van der Waals surface area contributed by atoms with Gasteiger partial charge in [-0.15, -0.1) is 0 Å². The molecule has 126 valence electrons. The van der Waals surface area contributed by atoms with Crippen molar-refractivity contribution in [2.24, 2.45) is 0 Å². The SMILES string of the molecule is O=C1C(=C(Cl)c2ccccc2)c2ccccc2N1C(=O)c1ccccc1. The monoisotopic (exact) mass is 359 g/mol. The van der Waals surface area contributed by atoms with E-state index in [4.69, 9.17) is 11.6 Å². The molecular weight excluding hydrogens is 346 g/mol. The Hall–Kier alpha value is -3.17. The summed E-state index contributed by atoms with van der Waals surface area (Å²) >= 11 is 6.57. The molecule has 0 spiro atoms. The number of para-hydroxylation sites is 1. The number of hydrogen-bond donors (Lipinski definition) is 0. The Morgan fingerprint density at radius 2 is 1.27 bits per heavy atom. The summed E-state index contributed by atoms with van der Waals surface area (Å²) < 4.78 is 0. The quantitative estimate of drug-likeness (QED) is 0.478. The van der Waals surface area contributed by atoms with Gasteiger partial charge in [0.25, 0.3) is 11.8 Å². The molecule has 1 heterocycles. The van der Waals surface area contributed by atoms with Crippen LogP contribution in [0.5, 0.6) is 0 Å². The van der Waals surface area contributed by atoms with Gasteiger partial charge in [0.15, 0.2) is 0 Å². The molecule has 3 aromatic rings. The molecule has 0 saturated heterocycles. The number of hydrogen-bond acceptors (Lipinski definition) is 2. The summed E-state index contributed by atoms with van der Waals surface area (Å²) in [6, 6.07) is 25.2. The lowest BCUT2D eigenvalue weighted by Gasteiger charge is -2.15. The average Bonchev–Trinajstić information content (AvgIpc) is 3.00. The van der Waals surface area contributed by atoms with Crippen LogP contribution in [-0.4, -0.2) is 11.8 Å². The molecular formula is C22H14ClNO2. The number of fused-ring (bicyclic) bond motifs is 1. The lowest BCUT2D eigenvalue weighted by molar-refractivity contribution is -0.112. The second kappa shape index (κ2) is 6.62. The Morgan fingerprint density at radius 3 is 1.92 bits per heavy atom. The molecule has 1 aliphatic rings. The van der Waals surface area contributed by atoms with Crippen LogP contribution in [0.4, 0.5) is 5.69 Å². The van der Waals surface area contributed by atoms with Gasteiger partial charge in [0.1, 0.15) is 0 Å². The first kappa shape index (κ1) is 16.3. The number of nitrogens with zero attached hydrogens (tertiary/aromatic N) is 1. The van der Waals surface area contributed by atoms with E-state index < -0.39 is 5.91 Å². The maximum Gasteiger partial charge on any atom is 0.267 e. The van der Waals surface area contributed by atoms with Crippen molar-refractivity contribution in [3.63, 3.8) is 0 Å². The van der Waals surface area contributed by atoms with Crippen LogP contribution in [0, 0.1) is 0 Å². The number of carbonyl (C=O) groups is 2. The third-order valence-corrected chi connectivity index (χ3v) is 4.71. The summed E-state index contributed by atoms with van der Waals surface area (Å²) in [5, 5.41) is 0.339. The second-order valence-electron chi connectivity index (χ2n) is 5.88. The van der Waals surface area contributed by atoms with Crippen molar-refractivity contribution in [3.05, 3.63) is 102 Å². The van der Waals surface area contributed by atoms with Crippen LogP contribution < -0.4 is 4.90 Å². The Bertz CT molecular complexity index is 1030. The largest absolute Gasteiger partial charge is 0.268 e. The molecule has 0 saturated carbocycles. The predicted octanol–water partition coefficient (Wildman–Crippen LogP) is 4.98. The Kier molecular flexibility index (Phi) is 4.15. The fourth-order valence-electron chi connectivity index (χ4n) is 3.07. The Morgan fingerprint density at radius 1 is 0.731 bits per heavy atom. The normalized spacial score (nSPS) is 15.0. The van der Waals surface area contributed by atoms with E-state index in [1.54, 1.807) is 36.4 Å². The predicted molar refractivity (Wildman–Crippen MR) is 104 cm³/mol. The number of halogens is 1. The van der Waals surface area contributed by atoms with E-state index in [0.717, 1.165) is 5.56 Å². The van der Waals surface area contributed by atoms with E-state index in [1.807, 2.05) is 48.5 Å². The molecule has 2 amide bonds. The molecule has 0 aromatic heterocycles. The van der Waals surface area contributed by atoms with Crippen molar-refractivity contribution in [2.75, 3.05) is 4.90 Å². The van der Waals surface area contributed by atoms with E-state index in [9.17, 15) is 9.59 Å². The third-order valence-electron chi connectivity index (χ3n) is 4.30. The van der Waals surface area contributed by atoms with Crippen LogP contribution in [-0.2, 0) is 4.79 Å². The summed E-state index contributed by atoms with van der Waals surface area (Å²) in [6.07, 6.45) is 0. The molecule has 26 heavy (non-hydrogen) atoms. The molecule has 0 radical (unpaired) electrons. The van der Waals surface area contributed by atoms with Crippen LogP contribution in [0.3, 0.4) is 0 Å². The van der Waals surface area contributed by atoms with Crippen molar-refractivity contribution < 1.29 is 9.59 Å². The number of rotatable bonds is 2. The number of anilines is 1. The smallest absolute Gasteiger partial charge is 0.267 e. The summed E-state index contributed by atoms with van der Waals surface area (Å²) in [7, 11) is 0. The van der Waals surface area contributed by atoms with Crippen molar-refractivity contribution >= 4 is 39.7 Å². The summed E-state index contributed by atoms with van der Waals surface area (Å²) in [5.74, 6) is -0.774. The molecule has 1 aliphatic heterocycles. The topological polar surface area (TPSA) is 37.4 Å². The van der Waals surface area contributed by atoms with E-state index in [0.29, 0.717) is 27.4 Å². The van der Waals surface area contributed by atoms with E-state index in [1.165, 1.54) is 4.90 Å². The molecule has 3 aromatic carbocycles. The minimum Gasteiger partial charge on any atom is -0.268 e. The highest BCUT2D eigenvalue weighted by Crippen LogP contribution is 2.42. The first-order valence-corrected chi connectivity index (χ1v) is 8.54. The minimum atomic E-state index is -0.408. The van der Waals surface area contributed by atoms with Gasteiger partial charge in [-0.2, -0.15) is 0 Å². The van der Waals surface area contributed by atoms with Crippen LogP contribution in [0.25, 0.3) is 10.6 Å². The number of imide groups is 1. The highest BCUT2D eigenvalue weighted by atomic mass is 35.5. The van der Waals surface area contributed by atoms with Gasteiger partial charge in [0, 0.05) is 11.1 Å². The second-order valence-corrected chi connectivity index (χ2v) is 6.26. The molecule has 4 heteroatoms. The molecule has 3 nitrogen and oxygen atoms in total. The van der Waals surface area contributed by atoms with Crippen molar-refractivity contribution in [2.45, 2.75) is 0 Å². The van der Waals surface area contributed by atoms with Crippen molar-refractivity contribution in [1.29, 1.82) is 0 Å². The molecule has 4 rings (SSSR count). The van der Waals surface area contributed by atoms with Crippen LogP contribution in [0.1, 0.15) is 21.5 Å². The maximum atomic E-state index is 13.2. The van der Waals surface area contributed by atoms with E-state index in [-0.39, 0.29) is 5.91 Å². The van der Waals surface area contributed by atoms with Gasteiger partial charge < -0.3 is 0 Å². The Labute approximate surface area is 156 Å². The maximum absolute atomic E-state index is 13.2. The summed E-state index contributed by atoms with van der Waals surface area (Å²) in [5.41, 5.74) is 2.75. The zero-order chi connectivity index (χ0) is 18.1. The summed E-state index contributed by atoms with van der Waals surface area (Å²) in [4.78, 5) is 27.3. The zero-order valence-electron chi connectivity index (χ0n) is 13.7. The summed E-state index contributed by atoms with van der Waals surface area (Å²) in [6.45, 7) is 0. The highest BCUT2D eigenvalue weighted by molar-refractivity contribution is 6.60. The number of amides is 2. The van der Waals surface area contributed by atoms with Gasteiger partial charge in [0.2, 0.25) is 0 Å². The highest BCUT2D eigenvalue weighted by Gasteiger charge is 2.38. The van der Waals surface area contributed by atoms with Crippen LogP contribution in [0.15, 0.2) is 84.9 Å². The lowest BCUT2D eigenvalue weighted by atomic mass is 10.0. The first-order chi connectivity index (χ1) is 12.7.